The Kier molecular flexibility index (Phi) is 14.6. The molecule has 352 valence electrons. The predicted molar refractivity (Wildman–Crippen MR) is 272 cm³/mol. The van der Waals surface area contributed by atoms with Gasteiger partial charge in [0.2, 0.25) is 0 Å². The quantitative estimate of drug-likeness (QED) is 0.0423. The molecule has 3 amide bonds. The maximum atomic E-state index is 15.4. The molecule has 7 aromatic rings. The number of rotatable bonds is 13. The number of hydrogen-bond acceptors (Lipinski definition) is 11. The monoisotopic (exact) mass is 1090 g/mol. The normalized spacial score (nSPS) is 16.7. The molecule has 2 aliphatic heterocycles. The van der Waals surface area contributed by atoms with Crippen LogP contribution in [0.3, 0.4) is 0 Å². The highest BCUT2D eigenvalue weighted by Gasteiger charge is 2.58. The Labute approximate surface area is 426 Å². The molecule has 3 heterocycles. The van der Waals surface area contributed by atoms with Gasteiger partial charge in [-0.2, -0.15) is 0 Å². The molecule has 0 spiro atoms. The van der Waals surface area contributed by atoms with Gasteiger partial charge < -0.3 is 44.5 Å². The maximum absolute atomic E-state index is 15.4. The Morgan fingerprint density at radius 2 is 1.29 bits per heavy atom. The van der Waals surface area contributed by atoms with Crippen LogP contribution in [-0.4, -0.2) is 62.7 Å². The number of hydrogen-bond donors (Lipinski definition) is 4. The van der Waals surface area contributed by atoms with Crippen LogP contribution in [0.15, 0.2) is 181 Å². The smallest absolute Gasteiger partial charge is 0.409 e. The minimum Gasteiger partial charge on any atom is -1.00 e. The van der Waals surface area contributed by atoms with Crippen molar-refractivity contribution >= 4 is 85.5 Å². The number of thioether (sulfide) groups is 1. The highest BCUT2D eigenvalue weighted by molar-refractivity contribution is 8.00. The molecule has 0 bridgehead atoms. The van der Waals surface area contributed by atoms with Crippen LogP contribution >= 0.6 is 30.4 Å². The van der Waals surface area contributed by atoms with Crippen LogP contribution in [-0.2, 0) is 29.5 Å². The van der Waals surface area contributed by atoms with Gasteiger partial charge >= 0.3 is 12.1 Å². The van der Waals surface area contributed by atoms with Crippen LogP contribution in [0.4, 0.5) is 9.93 Å². The van der Waals surface area contributed by atoms with Crippen molar-refractivity contribution in [3.8, 4) is 0 Å². The van der Waals surface area contributed by atoms with Crippen molar-refractivity contribution in [2.75, 3.05) is 17.6 Å². The number of carbonyl (C=O) groups excluding carboxylic acids is 4. The van der Waals surface area contributed by atoms with Gasteiger partial charge in [0.1, 0.15) is 45.9 Å². The van der Waals surface area contributed by atoms with E-state index in [1.807, 2.05) is 115 Å². The number of nitrogen functional groups attached to an aromatic ring is 1. The van der Waals surface area contributed by atoms with E-state index in [9.17, 15) is 14.4 Å². The zero-order chi connectivity index (χ0) is 47.6. The van der Waals surface area contributed by atoms with E-state index in [0.29, 0.717) is 27.3 Å². The highest BCUT2D eigenvalue weighted by atomic mass is 127. The standard InChI is InChI=1S/C53H49N6O6PS2.HI/c1-52(2,3)65-51(63)58-53(55,37-29-30-41-42(31-37)68-50(54)56-41)49(62)57-43-46(60)59-44(48(61)64-45(34-19-9-4-10-20-34)35-21-11-5-12-22-35)36(33-67-47(43)59)32-66(38-23-13-6-14-24-38,39-25-15-7-16-26-39)40-27-17-8-18-28-40;/h4-31,43,45,47H,32-33,55H2,1-3H3,(H3-,54,56,57,58,62,63);1H/t43?,47-,53?;/m0./s1. The van der Waals surface area contributed by atoms with E-state index >= 15 is 4.79 Å². The van der Waals surface area contributed by atoms with Gasteiger partial charge in [-0.05, 0) is 80.4 Å². The van der Waals surface area contributed by atoms with Gasteiger partial charge in [-0.25, -0.2) is 14.6 Å². The van der Waals surface area contributed by atoms with E-state index in [1.54, 1.807) is 39.0 Å². The van der Waals surface area contributed by atoms with Crippen LogP contribution in [0, 0.1) is 0 Å². The number of anilines is 1. The number of aromatic nitrogens is 1. The number of esters is 1. The molecule has 0 radical (unpaired) electrons. The van der Waals surface area contributed by atoms with Gasteiger partial charge in [0, 0.05) is 16.9 Å². The Balaban J connectivity index is 0.00000642. The molecular formula is C53H50IN6O6PS2. The lowest BCUT2D eigenvalue weighted by molar-refractivity contribution is -0.155. The van der Waals surface area contributed by atoms with Gasteiger partial charge in [0.15, 0.2) is 16.9 Å². The molecular weight excluding hydrogens is 1040 g/mol. The summed E-state index contributed by atoms with van der Waals surface area (Å²) in [5.74, 6) is -1.75. The number of nitrogens with two attached hydrogens (primary N) is 2. The second-order valence-electron chi connectivity index (χ2n) is 17.6. The number of carbonyl (C=O) groups is 4. The van der Waals surface area contributed by atoms with Crippen molar-refractivity contribution in [1.29, 1.82) is 0 Å². The van der Waals surface area contributed by atoms with Crippen LogP contribution in [0.5, 0.6) is 0 Å². The van der Waals surface area contributed by atoms with E-state index in [-0.39, 0.29) is 35.2 Å². The van der Waals surface area contributed by atoms with Gasteiger partial charge in [0.25, 0.3) is 11.8 Å². The summed E-state index contributed by atoms with van der Waals surface area (Å²) in [6, 6.07) is 53.7. The molecule has 12 nitrogen and oxygen atoms in total. The lowest BCUT2D eigenvalue weighted by Crippen LogP contribution is -3.00. The number of halogens is 1. The number of ether oxygens (including phenoxy) is 2. The fourth-order valence-electron chi connectivity index (χ4n) is 8.76. The number of thiazole rings is 1. The molecule has 3 atom stereocenters. The number of alkyl carbamates (subject to hydrolysis) is 1. The summed E-state index contributed by atoms with van der Waals surface area (Å²) in [5, 5.41) is 8.34. The third-order valence-electron chi connectivity index (χ3n) is 11.9. The van der Waals surface area contributed by atoms with Crippen molar-refractivity contribution in [3.63, 3.8) is 0 Å². The minimum atomic E-state index is -2.60. The van der Waals surface area contributed by atoms with Crippen molar-refractivity contribution in [2.24, 2.45) is 5.73 Å². The molecule has 6 aromatic carbocycles. The third-order valence-corrected chi connectivity index (χ3v) is 18.5. The van der Waals surface area contributed by atoms with Crippen LogP contribution in [0.25, 0.3) is 10.2 Å². The Bertz CT molecular complexity index is 2880. The summed E-state index contributed by atoms with van der Waals surface area (Å²) in [6.07, 6.45) is -1.34. The number of fused-ring (bicyclic) bond motifs is 2. The van der Waals surface area contributed by atoms with Crippen LogP contribution in [0.1, 0.15) is 43.6 Å². The summed E-state index contributed by atoms with van der Waals surface area (Å²) in [6.45, 7) is 5.07. The summed E-state index contributed by atoms with van der Waals surface area (Å²) in [5.41, 5.74) is 13.0. The lowest BCUT2D eigenvalue weighted by atomic mass is 9.96. The molecule has 9 rings (SSSR count). The molecule has 16 heteroatoms. The van der Waals surface area contributed by atoms with Crippen LogP contribution < -0.4 is 62.0 Å². The number of benzene rings is 6. The van der Waals surface area contributed by atoms with Gasteiger partial charge in [-0.15, -0.1) is 11.8 Å². The Morgan fingerprint density at radius 1 is 0.783 bits per heavy atom. The topological polar surface area (TPSA) is 179 Å². The van der Waals surface area contributed by atoms with E-state index in [4.69, 9.17) is 20.9 Å². The van der Waals surface area contributed by atoms with Gasteiger partial charge in [-0.3, -0.25) is 25.5 Å². The molecule has 0 aliphatic carbocycles. The summed E-state index contributed by atoms with van der Waals surface area (Å²) >= 11 is 2.63. The summed E-state index contributed by atoms with van der Waals surface area (Å²) in [4.78, 5) is 64.2. The zero-order valence-corrected chi connectivity index (χ0v) is 42.6. The maximum Gasteiger partial charge on any atom is 0.409 e. The fourth-order valence-corrected chi connectivity index (χ4v) is 15.4. The van der Waals surface area contributed by atoms with Gasteiger partial charge in [0.05, 0.1) is 16.4 Å². The molecule has 1 fully saturated rings. The summed E-state index contributed by atoms with van der Waals surface area (Å²) in [7, 11) is -2.60. The van der Waals surface area contributed by atoms with Crippen molar-refractivity contribution in [1.82, 2.24) is 20.5 Å². The second-order valence-corrected chi connectivity index (χ2v) is 23.2. The highest BCUT2D eigenvalue weighted by Crippen LogP contribution is 2.58. The second kappa shape index (κ2) is 20.5. The average Bonchev–Trinajstić information content (AvgIpc) is 3.73. The zero-order valence-electron chi connectivity index (χ0n) is 38.0. The molecule has 1 aromatic heterocycles. The first-order valence-corrected chi connectivity index (χ1v) is 25.9. The first-order chi connectivity index (χ1) is 32.7. The largest absolute Gasteiger partial charge is 1.00 e. The summed E-state index contributed by atoms with van der Waals surface area (Å²) < 4.78 is 12.8. The molecule has 1 saturated heterocycles. The van der Waals surface area contributed by atoms with E-state index < -0.39 is 59.9 Å². The van der Waals surface area contributed by atoms with Gasteiger partial charge in [-0.1, -0.05) is 133 Å². The third kappa shape index (κ3) is 10.0. The van der Waals surface area contributed by atoms with Crippen molar-refractivity contribution in [3.05, 3.63) is 198 Å². The Morgan fingerprint density at radius 3 is 1.80 bits per heavy atom. The predicted octanol–water partition coefficient (Wildman–Crippen LogP) is 4.50. The number of nitrogens with zero attached hydrogens (tertiary/aromatic N) is 2. The first-order valence-electron chi connectivity index (χ1n) is 22.1. The van der Waals surface area contributed by atoms with Crippen molar-refractivity contribution < 1.29 is 52.6 Å². The van der Waals surface area contributed by atoms with E-state index in [0.717, 1.165) is 32.6 Å². The van der Waals surface area contributed by atoms with E-state index in [2.05, 4.69) is 52.0 Å². The molecule has 2 unspecified atom stereocenters. The number of β-lactam (4-membered cyclic amide) rings is 1. The Hall–Kier alpha value is -6.10. The number of amides is 3. The lowest BCUT2D eigenvalue weighted by Gasteiger charge is -2.50. The SMILES string of the molecule is CC(C)(C)OC(=O)NC(N)(C(=O)NC1C(=O)N2C(C(=O)OC(c3ccccc3)c3ccccc3)=C(C[P+](c3ccccc3)(c3ccccc3)c3ccccc3)CS[C@@H]12)c1ccc2nc(N)sc2c1.[I-]. The number of nitrogens with one attached hydrogen (secondary N) is 2. The molecule has 0 saturated carbocycles. The molecule has 69 heavy (non-hydrogen) atoms. The van der Waals surface area contributed by atoms with Crippen LogP contribution in [0.2, 0.25) is 0 Å². The minimum absolute atomic E-state index is 0. The average molecular weight is 1090 g/mol. The molecule has 6 N–H and O–H groups in total. The van der Waals surface area contributed by atoms with Crippen molar-refractivity contribution in [2.45, 2.75) is 49.6 Å². The first kappa shape index (κ1) is 49.3. The fraction of sp³-hybridized carbons (Fsp3) is 0.189. The molecule has 2 aliphatic rings. The van der Waals surface area contributed by atoms with E-state index in [1.165, 1.54) is 28.0 Å².